The monoisotopic (exact) mass is 351 g/mol. The molecule has 3 nitrogen and oxygen atoms in total. The molecule has 0 aliphatic carbocycles. The quantitative estimate of drug-likeness (QED) is 0.487. The van der Waals surface area contributed by atoms with E-state index in [1.165, 1.54) is 0 Å². The Morgan fingerprint density at radius 3 is 1.89 bits per heavy atom. The smallest absolute Gasteiger partial charge is 0.263 e. The van der Waals surface area contributed by atoms with E-state index < -0.39 is 0 Å². The van der Waals surface area contributed by atoms with E-state index in [2.05, 4.69) is 0 Å². The summed E-state index contributed by atoms with van der Waals surface area (Å²) >= 11 is 0. The molecule has 0 aliphatic heterocycles. The van der Waals surface area contributed by atoms with Gasteiger partial charge in [0.25, 0.3) is 0 Å². The highest BCUT2D eigenvalue weighted by atomic mass is 16.2. The topological polar surface area (TPSA) is 24.2 Å². The number of rotatable bonds is 4. The van der Waals surface area contributed by atoms with Crippen LogP contribution in [0.4, 0.5) is 5.69 Å². The molecule has 3 aromatic carbocycles. The lowest BCUT2D eigenvalue weighted by Crippen LogP contribution is -2.57. The molecule has 4 rings (SSSR count). The van der Waals surface area contributed by atoms with Crippen molar-refractivity contribution in [3.05, 3.63) is 121 Å². The SMILES string of the molecule is O=C(c1ccccc1-c1ccccc1)N(c1ccccc1)[n+]1ccccc1. The third-order valence-corrected chi connectivity index (χ3v) is 4.37. The average Bonchev–Trinajstić information content (AvgIpc) is 2.76. The summed E-state index contributed by atoms with van der Waals surface area (Å²) in [4.78, 5) is 13.6. The Morgan fingerprint density at radius 2 is 1.19 bits per heavy atom. The second kappa shape index (κ2) is 7.67. The molecule has 1 aromatic heterocycles. The number of hydrogen-bond acceptors (Lipinski definition) is 1. The molecule has 27 heavy (non-hydrogen) atoms. The Kier molecular flexibility index (Phi) is 4.75. The molecule has 0 bridgehead atoms. The molecule has 1 heterocycles. The number of para-hydroxylation sites is 1. The van der Waals surface area contributed by atoms with Crippen LogP contribution in [0.2, 0.25) is 0 Å². The summed E-state index contributed by atoms with van der Waals surface area (Å²) in [6, 6.07) is 33.1. The number of hydrogen-bond donors (Lipinski definition) is 0. The highest BCUT2D eigenvalue weighted by molar-refractivity contribution is 6.08. The highest BCUT2D eigenvalue weighted by Gasteiger charge is 2.27. The molecular weight excluding hydrogens is 332 g/mol. The number of pyridine rings is 1. The fourth-order valence-electron chi connectivity index (χ4n) is 3.10. The summed E-state index contributed by atoms with van der Waals surface area (Å²) in [5, 5.41) is 1.68. The normalized spacial score (nSPS) is 10.4. The molecule has 130 valence electrons. The zero-order chi connectivity index (χ0) is 18.5. The maximum atomic E-state index is 13.6. The van der Waals surface area contributed by atoms with Crippen molar-refractivity contribution in [3.63, 3.8) is 0 Å². The number of nitrogens with zero attached hydrogens (tertiary/aromatic N) is 2. The van der Waals surface area contributed by atoms with Gasteiger partial charge in [0, 0.05) is 12.1 Å². The number of carbonyl (C=O) groups excluding carboxylic acids is 1. The first kappa shape index (κ1) is 16.7. The molecule has 0 atom stereocenters. The minimum atomic E-state index is -0.0862. The van der Waals surface area contributed by atoms with Crippen LogP contribution in [0.25, 0.3) is 11.1 Å². The third-order valence-electron chi connectivity index (χ3n) is 4.37. The van der Waals surface area contributed by atoms with Gasteiger partial charge in [0.05, 0.1) is 5.56 Å². The van der Waals surface area contributed by atoms with Crippen LogP contribution in [-0.4, -0.2) is 5.91 Å². The van der Waals surface area contributed by atoms with Gasteiger partial charge < -0.3 is 0 Å². The first-order valence-electron chi connectivity index (χ1n) is 8.85. The Hall–Kier alpha value is -3.72. The lowest BCUT2D eigenvalue weighted by atomic mass is 9.99. The van der Waals surface area contributed by atoms with E-state index in [4.69, 9.17) is 0 Å². The van der Waals surface area contributed by atoms with E-state index in [9.17, 15) is 4.79 Å². The number of aromatic nitrogens is 1. The Morgan fingerprint density at radius 1 is 0.630 bits per heavy atom. The molecule has 0 saturated carbocycles. The summed E-state index contributed by atoms with van der Waals surface area (Å²) in [7, 11) is 0. The largest absolute Gasteiger partial charge is 0.314 e. The maximum absolute atomic E-state index is 13.6. The Balaban J connectivity index is 1.85. The molecule has 3 heteroatoms. The van der Waals surface area contributed by atoms with Crippen molar-refractivity contribution in [3.8, 4) is 11.1 Å². The predicted octanol–water partition coefficient (Wildman–Crippen LogP) is 4.75. The van der Waals surface area contributed by atoms with Crippen molar-refractivity contribution in [2.45, 2.75) is 0 Å². The zero-order valence-electron chi connectivity index (χ0n) is 14.8. The molecule has 0 spiro atoms. The van der Waals surface area contributed by atoms with E-state index in [0.717, 1.165) is 16.8 Å². The van der Waals surface area contributed by atoms with E-state index >= 15 is 0 Å². The number of carbonyl (C=O) groups is 1. The van der Waals surface area contributed by atoms with Crippen LogP contribution in [0.5, 0.6) is 0 Å². The lowest BCUT2D eigenvalue weighted by Gasteiger charge is -2.18. The summed E-state index contributed by atoms with van der Waals surface area (Å²) in [5.74, 6) is -0.0862. The van der Waals surface area contributed by atoms with Gasteiger partial charge in [0.2, 0.25) is 12.4 Å². The van der Waals surface area contributed by atoms with Crippen molar-refractivity contribution in [2.75, 3.05) is 5.01 Å². The van der Waals surface area contributed by atoms with Crippen LogP contribution in [0.15, 0.2) is 116 Å². The molecule has 4 aromatic rings. The summed E-state index contributed by atoms with van der Waals surface area (Å²) in [6.07, 6.45) is 3.74. The van der Waals surface area contributed by atoms with Gasteiger partial charge in [0.15, 0.2) is 0 Å². The van der Waals surface area contributed by atoms with Crippen molar-refractivity contribution in [2.24, 2.45) is 0 Å². The molecule has 0 fully saturated rings. The molecule has 0 radical (unpaired) electrons. The average molecular weight is 351 g/mol. The Bertz CT molecular complexity index is 992. The van der Waals surface area contributed by atoms with Crippen molar-refractivity contribution in [1.29, 1.82) is 0 Å². The van der Waals surface area contributed by atoms with Crippen LogP contribution >= 0.6 is 0 Å². The zero-order valence-corrected chi connectivity index (χ0v) is 14.8. The molecule has 0 aliphatic rings. The van der Waals surface area contributed by atoms with Gasteiger partial charge in [-0.1, -0.05) is 82.5 Å². The van der Waals surface area contributed by atoms with E-state index in [-0.39, 0.29) is 5.91 Å². The lowest BCUT2D eigenvalue weighted by molar-refractivity contribution is -0.673. The second-order valence-corrected chi connectivity index (χ2v) is 6.12. The number of anilines is 1. The van der Waals surface area contributed by atoms with Crippen molar-refractivity contribution >= 4 is 11.6 Å². The first-order valence-corrected chi connectivity index (χ1v) is 8.85. The van der Waals surface area contributed by atoms with Crippen LogP contribution < -0.4 is 9.69 Å². The van der Waals surface area contributed by atoms with E-state index in [1.807, 2.05) is 116 Å². The third kappa shape index (κ3) is 3.48. The summed E-state index contributed by atoms with van der Waals surface area (Å²) in [6.45, 7) is 0. The predicted molar refractivity (Wildman–Crippen MR) is 107 cm³/mol. The fourth-order valence-corrected chi connectivity index (χ4v) is 3.10. The second-order valence-electron chi connectivity index (χ2n) is 6.12. The highest BCUT2D eigenvalue weighted by Crippen LogP contribution is 2.25. The van der Waals surface area contributed by atoms with Crippen LogP contribution in [0.1, 0.15) is 10.4 Å². The van der Waals surface area contributed by atoms with Crippen molar-refractivity contribution in [1.82, 2.24) is 0 Å². The van der Waals surface area contributed by atoms with E-state index in [1.54, 1.807) is 9.69 Å². The van der Waals surface area contributed by atoms with Crippen molar-refractivity contribution < 1.29 is 9.47 Å². The fraction of sp³-hybridized carbons (Fsp3) is 0. The molecule has 0 N–H and O–H groups in total. The molecular formula is C24H19N2O+. The summed E-state index contributed by atoms with van der Waals surface area (Å²) in [5.41, 5.74) is 3.40. The van der Waals surface area contributed by atoms with Crippen LogP contribution in [-0.2, 0) is 0 Å². The summed E-state index contributed by atoms with van der Waals surface area (Å²) < 4.78 is 1.80. The standard InChI is InChI=1S/C24H19N2O/c27-24(23-17-9-8-16-22(23)20-12-4-1-5-13-20)26(21-14-6-2-7-15-21)25-18-10-3-11-19-25/h1-19H/q+1. The van der Waals surface area contributed by atoms with Gasteiger partial charge in [-0.2, -0.15) is 0 Å². The van der Waals surface area contributed by atoms with E-state index in [0.29, 0.717) is 5.56 Å². The maximum Gasteiger partial charge on any atom is 0.314 e. The van der Waals surface area contributed by atoms with Crippen LogP contribution in [0, 0.1) is 0 Å². The van der Waals surface area contributed by atoms with Gasteiger partial charge in [-0.25, -0.2) is 0 Å². The first-order chi connectivity index (χ1) is 13.3. The number of amides is 1. The number of benzene rings is 3. The minimum Gasteiger partial charge on any atom is -0.263 e. The Labute approximate surface area is 158 Å². The van der Waals surface area contributed by atoms with Gasteiger partial charge in [-0.15, -0.1) is 0 Å². The van der Waals surface area contributed by atoms with Gasteiger partial charge in [0.1, 0.15) is 5.69 Å². The molecule has 0 unspecified atom stereocenters. The molecule has 1 amide bonds. The minimum absolute atomic E-state index is 0.0862. The van der Waals surface area contributed by atoms with Gasteiger partial charge in [-0.3, -0.25) is 4.79 Å². The van der Waals surface area contributed by atoms with Crippen LogP contribution in [0.3, 0.4) is 0 Å². The molecule has 0 saturated heterocycles. The van der Waals surface area contributed by atoms with Gasteiger partial charge in [-0.05, 0) is 29.3 Å². The van der Waals surface area contributed by atoms with Gasteiger partial charge >= 0.3 is 5.91 Å².